The highest BCUT2D eigenvalue weighted by molar-refractivity contribution is 5.92. The number of carbonyl (C=O) groups is 1. The van der Waals surface area contributed by atoms with Gasteiger partial charge in [-0.2, -0.15) is 0 Å². The average molecular weight is 374 g/mol. The van der Waals surface area contributed by atoms with Gasteiger partial charge in [0.05, 0.1) is 6.54 Å². The molecule has 0 aliphatic rings. The monoisotopic (exact) mass is 374 g/mol. The molecule has 144 valence electrons. The normalized spacial score (nSPS) is 10.5. The van der Waals surface area contributed by atoms with E-state index in [-0.39, 0.29) is 5.91 Å². The van der Waals surface area contributed by atoms with Crippen molar-refractivity contribution in [3.63, 3.8) is 0 Å². The number of anilines is 2. The van der Waals surface area contributed by atoms with Gasteiger partial charge in [-0.15, -0.1) is 0 Å². The van der Waals surface area contributed by atoms with Crippen LogP contribution in [0, 0.1) is 0 Å². The fourth-order valence-electron chi connectivity index (χ4n) is 2.94. The Morgan fingerprint density at radius 2 is 1.64 bits per heavy atom. The predicted molar refractivity (Wildman–Crippen MR) is 113 cm³/mol. The molecular formula is C23H26N4O. The third-order valence-electron chi connectivity index (χ3n) is 4.55. The van der Waals surface area contributed by atoms with E-state index in [1.54, 1.807) is 17.2 Å². The number of aromatic nitrogens is 2. The van der Waals surface area contributed by atoms with Gasteiger partial charge in [0.15, 0.2) is 0 Å². The van der Waals surface area contributed by atoms with E-state index >= 15 is 0 Å². The lowest BCUT2D eigenvalue weighted by Gasteiger charge is -2.24. The highest BCUT2D eigenvalue weighted by atomic mass is 16.2. The Morgan fingerprint density at radius 3 is 2.32 bits per heavy atom. The summed E-state index contributed by atoms with van der Waals surface area (Å²) in [5.74, 6) is 0.439. The van der Waals surface area contributed by atoms with Gasteiger partial charge in [-0.3, -0.25) is 4.79 Å². The second-order valence-corrected chi connectivity index (χ2v) is 6.73. The molecule has 0 atom stereocenters. The van der Waals surface area contributed by atoms with Crippen LogP contribution >= 0.6 is 0 Å². The number of benzene rings is 2. The molecule has 0 spiro atoms. The molecule has 0 aliphatic carbocycles. The van der Waals surface area contributed by atoms with Crippen molar-refractivity contribution in [2.75, 3.05) is 18.5 Å². The smallest absolute Gasteiger partial charge is 0.272 e. The lowest BCUT2D eigenvalue weighted by Crippen LogP contribution is -2.29. The number of amides is 1. The standard InChI is InChI=1S/C23H26N4O/c1-3-4-17-26(2)22(28)21-15-16-24-23(25-21)27(20-13-9-6-10-14-20)18-19-11-7-5-8-12-19/h5-16H,3-4,17-18H2,1-2H3. The first-order chi connectivity index (χ1) is 13.7. The molecule has 3 rings (SSSR count). The molecule has 1 heterocycles. The second-order valence-electron chi connectivity index (χ2n) is 6.73. The Hall–Kier alpha value is -3.21. The van der Waals surface area contributed by atoms with Crippen LogP contribution in [0.15, 0.2) is 72.9 Å². The molecule has 28 heavy (non-hydrogen) atoms. The molecule has 0 N–H and O–H groups in total. The zero-order valence-corrected chi connectivity index (χ0v) is 16.5. The topological polar surface area (TPSA) is 49.3 Å². The quantitative estimate of drug-likeness (QED) is 0.574. The first-order valence-corrected chi connectivity index (χ1v) is 9.64. The van der Waals surface area contributed by atoms with Crippen molar-refractivity contribution in [1.29, 1.82) is 0 Å². The van der Waals surface area contributed by atoms with E-state index in [9.17, 15) is 4.79 Å². The highest BCUT2D eigenvalue weighted by Gasteiger charge is 2.18. The Morgan fingerprint density at radius 1 is 0.964 bits per heavy atom. The molecule has 0 unspecified atom stereocenters. The summed E-state index contributed by atoms with van der Waals surface area (Å²) >= 11 is 0. The van der Waals surface area contributed by atoms with Crippen molar-refractivity contribution in [1.82, 2.24) is 14.9 Å². The number of para-hydroxylation sites is 1. The summed E-state index contributed by atoms with van der Waals surface area (Å²) in [4.78, 5) is 25.5. The van der Waals surface area contributed by atoms with Gasteiger partial charge in [-0.1, -0.05) is 61.9 Å². The molecule has 2 aromatic carbocycles. The van der Waals surface area contributed by atoms with Gasteiger partial charge < -0.3 is 9.80 Å². The zero-order chi connectivity index (χ0) is 19.8. The van der Waals surface area contributed by atoms with E-state index in [0.717, 1.165) is 30.6 Å². The van der Waals surface area contributed by atoms with Crippen LogP contribution in [-0.4, -0.2) is 34.4 Å². The predicted octanol–water partition coefficient (Wildman–Crippen LogP) is 4.69. The van der Waals surface area contributed by atoms with Crippen LogP contribution in [0.2, 0.25) is 0 Å². The van der Waals surface area contributed by atoms with Crippen LogP contribution in [0.5, 0.6) is 0 Å². The Balaban J connectivity index is 1.91. The summed E-state index contributed by atoms with van der Waals surface area (Å²) in [5, 5.41) is 0. The summed E-state index contributed by atoms with van der Waals surface area (Å²) in [7, 11) is 1.82. The molecule has 3 aromatic rings. The molecule has 1 aromatic heterocycles. The minimum atomic E-state index is -0.0789. The van der Waals surface area contributed by atoms with Gasteiger partial charge in [-0.05, 0) is 30.2 Å². The first kappa shape index (κ1) is 19.5. The van der Waals surface area contributed by atoms with Crippen LogP contribution in [-0.2, 0) is 6.54 Å². The van der Waals surface area contributed by atoms with Crippen LogP contribution in [0.3, 0.4) is 0 Å². The third-order valence-corrected chi connectivity index (χ3v) is 4.55. The van der Waals surface area contributed by atoms with E-state index in [1.165, 1.54) is 0 Å². The van der Waals surface area contributed by atoms with Crippen LogP contribution in [0.25, 0.3) is 0 Å². The molecular weight excluding hydrogens is 348 g/mol. The minimum absolute atomic E-state index is 0.0789. The Bertz CT molecular complexity index is 883. The lowest BCUT2D eigenvalue weighted by atomic mass is 10.2. The van der Waals surface area contributed by atoms with E-state index < -0.39 is 0 Å². The summed E-state index contributed by atoms with van der Waals surface area (Å²) in [6.07, 6.45) is 3.68. The Kier molecular flexibility index (Phi) is 6.73. The number of hydrogen-bond acceptors (Lipinski definition) is 4. The van der Waals surface area contributed by atoms with Crippen molar-refractivity contribution >= 4 is 17.5 Å². The summed E-state index contributed by atoms with van der Waals surface area (Å²) in [6.45, 7) is 3.46. The van der Waals surface area contributed by atoms with Crippen molar-refractivity contribution in [3.8, 4) is 0 Å². The van der Waals surface area contributed by atoms with Crippen molar-refractivity contribution in [2.45, 2.75) is 26.3 Å². The molecule has 0 saturated heterocycles. The Labute approximate surface area is 166 Å². The fourth-order valence-corrected chi connectivity index (χ4v) is 2.94. The molecule has 5 heteroatoms. The molecule has 5 nitrogen and oxygen atoms in total. The molecule has 1 amide bonds. The van der Waals surface area contributed by atoms with Crippen LogP contribution in [0.1, 0.15) is 35.8 Å². The summed E-state index contributed by atoms with van der Waals surface area (Å²) in [5.41, 5.74) is 2.54. The van der Waals surface area contributed by atoms with Gasteiger partial charge in [0, 0.05) is 25.5 Å². The third kappa shape index (κ3) is 4.94. The van der Waals surface area contributed by atoms with E-state index in [4.69, 9.17) is 0 Å². The SMILES string of the molecule is CCCCN(C)C(=O)c1ccnc(N(Cc2ccccc2)c2ccccc2)n1. The second kappa shape index (κ2) is 9.65. The molecule has 0 fully saturated rings. The first-order valence-electron chi connectivity index (χ1n) is 9.64. The van der Waals surface area contributed by atoms with Gasteiger partial charge in [0.25, 0.3) is 5.91 Å². The van der Waals surface area contributed by atoms with E-state index in [2.05, 4.69) is 29.0 Å². The maximum atomic E-state index is 12.7. The van der Waals surface area contributed by atoms with Crippen molar-refractivity contribution in [2.24, 2.45) is 0 Å². The maximum absolute atomic E-state index is 12.7. The van der Waals surface area contributed by atoms with Gasteiger partial charge in [0.2, 0.25) is 5.95 Å². The lowest BCUT2D eigenvalue weighted by molar-refractivity contribution is 0.0787. The van der Waals surface area contributed by atoms with Crippen molar-refractivity contribution in [3.05, 3.63) is 84.2 Å². The average Bonchev–Trinajstić information content (AvgIpc) is 2.76. The van der Waals surface area contributed by atoms with E-state index in [0.29, 0.717) is 18.2 Å². The largest absolute Gasteiger partial charge is 0.340 e. The number of hydrogen-bond donors (Lipinski definition) is 0. The molecule has 0 bridgehead atoms. The summed E-state index contributed by atoms with van der Waals surface area (Å²) < 4.78 is 0. The van der Waals surface area contributed by atoms with Crippen LogP contribution < -0.4 is 4.90 Å². The number of unbranched alkanes of at least 4 members (excludes halogenated alkanes) is 1. The molecule has 0 radical (unpaired) electrons. The van der Waals surface area contributed by atoms with E-state index in [1.807, 2.05) is 60.5 Å². The number of rotatable bonds is 8. The molecule has 0 saturated carbocycles. The zero-order valence-electron chi connectivity index (χ0n) is 16.5. The van der Waals surface area contributed by atoms with Gasteiger partial charge in [-0.25, -0.2) is 9.97 Å². The number of carbonyl (C=O) groups excluding carboxylic acids is 1. The molecule has 0 aliphatic heterocycles. The van der Waals surface area contributed by atoms with Crippen molar-refractivity contribution < 1.29 is 4.79 Å². The minimum Gasteiger partial charge on any atom is -0.340 e. The van der Waals surface area contributed by atoms with Gasteiger partial charge >= 0.3 is 0 Å². The highest BCUT2D eigenvalue weighted by Crippen LogP contribution is 2.24. The van der Waals surface area contributed by atoms with Crippen LogP contribution in [0.4, 0.5) is 11.6 Å². The maximum Gasteiger partial charge on any atom is 0.272 e. The number of nitrogens with zero attached hydrogens (tertiary/aromatic N) is 4. The fraction of sp³-hybridized carbons (Fsp3) is 0.261. The van der Waals surface area contributed by atoms with Gasteiger partial charge in [0.1, 0.15) is 5.69 Å². The summed E-state index contributed by atoms with van der Waals surface area (Å²) in [6, 6.07) is 21.9.